The standard InChI is InChI=1S/C17H20N4O3/c1-11-9-12(2)21(19-11)15-7-6-13(10-18-15)16(22)20-8-4-3-5-14(20)17(23)24/h6-7,9-10,14H,3-5,8H2,1-2H3,(H,23,24). The molecule has 1 aliphatic rings. The van der Waals surface area contributed by atoms with Crippen LogP contribution in [-0.4, -0.2) is 49.2 Å². The average Bonchev–Trinajstić information content (AvgIpc) is 2.92. The fourth-order valence-electron chi connectivity index (χ4n) is 3.10. The van der Waals surface area contributed by atoms with Gasteiger partial charge in [0.15, 0.2) is 5.82 Å². The van der Waals surface area contributed by atoms with Gasteiger partial charge in [-0.1, -0.05) is 0 Å². The largest absolute Gasteiger partial charge is 0.480 e. The van der Waals surface area contributed by atoms with Crippen molar-refractivity contribution < 1.29 is 14.7 Å². The highest BCUT2D eigenvalue weighted by Crippen LogP contribution is 2.20. The minimum absolute atomic E-state index is 0.283. The molecule has 126 valence electrons. The normalized spacial score (nSPS) is 17.8. The van der Waals surface area contributed by atoms with E-state index in [9.17, 15) is 14.7 Å². The van der Waals surface area contributed by atoms with Crippen molar-refractivity contribution in [3.05, 3.63) is 41.3 Å². The molecular weight excluding hydrogens is 308 g/mol. The number of hydrogen-bond donors (Lipinski definition) is 1. The molecule has 0 saturated carbocycles. The minimum Gasteiger partial charge on any atom is -0.480 e. The van der Waals surface area contributed by atoms with E-state index in [0.717, 1.165) is 24.2 Å². The molecule has 7 nitrogen and oxygen atoms in total. The van der Waals surface area contributed by atoms with E-state index in [4.69, 9.17) is 0 Å². The van der Waals surface area contributed by atoms with Crippen LogP contribution in [0.15, 0.2) is 24.4 Å². The summed E-state index contributed by atoms with van der Waals surface area (Å²) in [5.41, 5.74) is 2.25. The van der Waals surface area contributed by atoms with Gasteiger partial charge in [-0.2, -0.15) is 5.10 Å². The van der Waals surface area contributed by atoms with Crippen LogP contribution in [0.25, 0.3) is 5.82 Å². The Kier molecular flexibility index (Phi) is 4.33. The lowest BCUT2D eigenvalue weighted by Crippen LogP contribution is -2.48. The third-order valence-electron chi connectivity index (χ3n) is 4.27. The van der Waals surface area contributed by atoms with E-state index in [1.54, 1.807) is 16.8 Å². The zero-order chi connectivity index (χ0) is 17.3. The van der Waals surface area contributed by atoms with Gasteiger partial charge in [0.2, 0.25) is 0 Å². The van der Waals surface area contributed by atoms with Crippen LogP contribution in [0.5, 0.6) is 0 Å². The van der Waals surface area contributed by atoms with Gasteiger partial charge in [0.25, 0.3) is 5.91 Å². The summed E-state index contributed by atoms with van der Waals surface area (Å²) >= 11 is 0. The van der Waals surface area contributed by atoms with Gasteiger partial charge < -0.3 is 10.0 Å². The Hall–Kier alpha value is -2.70. The first-order valence-electron chi connectivity index (χ1n) is 8.01. The summed E-state index contributed by atoms with van der Waals surface area (Å²) in [4.78, 5) is 29.7. The van der Waals surface area contributed by atoms with Gasteiger partial charge in [0.1, 0.15) is 6.04 Å². The van der Waals surface area contributed by atoms with E-state index >= 15 is 0 Å². The lowest BCUT2D eigenvalue weighted by molar-refractivity contribution is -0.143. The fourth-order valence-corrected chi connectivity index (χ4v) is 3.10. The van der Waals surface area contributed by atoms with E-state index in [1.165, 1.54) is 11.1 Å². The van der Waals surface area contributed by atoms with Crippen molar-refractivity contribution in [3.63, 3.8) is 0 Å². The Morgan fingerprint density at radius 3 is 2.62 bits per heavy atom. The molecule has 1 atom stereocenters. The van der Waals surface area contributed by atoms with Crippen molar-refractivity contribution >= 4 is 11.9 Å². The van der Waals surface area contributed by atoms with Crippen LogP contribution in [0, 0.1) is 13.8 Å². The average molecular weight is 328 g/mol. The maximum absolute atomic E-state index is 12.6. The smallest absolute Gasteiger partial charge is 0.326 e. The fraction of sp³-hybridized carbons (Fsp3) is 0.412. The highest BCUT2D eigenvalue weighted by molar-refractivity contribution is 5.96. The Balaban J connectivity index is 1.83. The topological polar surface area (TPSA) is 88.3 Å². The Morgan fingerprint density at radius 2 is 2.04 bits per heavy atom. The van der Waals surface area contributed by atoms with Crippen LogP contribution in [0.2, 0.25) is 0 Å². The van der Waals surface area contributed by atoms with Gasteiger partial charge in [-0.05, 0) is 51.3 Å². The van der Waals surface area contributed by atoms with Gasteiger partial charge in [-0.3, -0.25) is 4.79 Å². The number of carboxylic acids is 1. The summed E-state index contributed by atoms with van der Waals surface area (Å²) in [6.45, 7) is 4.31. The summed E-state index contributed by atoms with van der Waals surface area (Å²) < 4.78 is 1.71. The van der Waals surface area contributed by atoms with E-state index in [1.807, 2.05) is 19.9 Å². The summed E-state index contributed by atoms with van der Waals surface area (Å²) in [6.07, 6.45) is 3.64. The molecule has 2 aromatic rings. The molecule has 1 N–H and O–H groups in total. The van der Waals surface area contributed by atoms with Crippen LogP contribution >= 0.6 is 0 Å². The van der Waals surface area contributed by atoms with Crippen LogP contribution in [0.3, 0.4) is 0 Å². The van der Waals surface area contributed by atoms with E-state index in [0.29, 0.717) is 24.3 Å². The summed E-state index contributed by atoms with van der Waals surface area (Å²) in [5, 5.41) is 13.7. The maximum Gasteiger partial charge on any atom is 0.326 e. The number of nitrogens with zero attached hydrogens (tertiary/aromatic N) is 4. The molecule has 2 aromatic heterocycles. The molecule has 0 radical (unpaired) electrons. The first kappa shape index (κ1) is 16.2. The van der Waals surface area contributed by atoms with Gasteiger partial charge in [0, 0.05) is 18.4 Å². The van der Waals surface area contributed by atoms with Gasteiger partial charge >= 0.3 is 5.97 Å². The zero-order valence-corrected chi connectivity index (χ0v) is 13.8. The SMILES string of the molecule is Cc1cc(C)n(-c2ccc(C(=O)N3CCCCC3C(=O)O)cn2)n1. The molecule has 7 heteroatoms. The molecule has 0 aliphatic carbocycles. The number of piperidine rings is 1. The van der Waals surface area contributed by atoms with E-state index in [-0.39, 0.29) is 5.91 Å². The maximum atomic E-state index is 12.6. The van der Waals surface area contributed by atoms with E-state index < -0.39 is 12.0 Å². The lowest BCUT2D eigenvalue weighted by Gasteiger charge is -2.32. The monoisotopic (exact) mass is 328 g/mol. The van der Waals surface area contributed by atoms with Crippen molar-refractivity contribution in [1.82, 2.24) is 19.7 Å². The lowest BCUT2D eigenvalue weighted by atomic mass is 10.0. The second-order valence-electron chi connectivity index (χ2n) is 6.09. The first-order valence-corrected chi connectivity index (χ1v) is 8.01. The Labute approximate surface area is 139 Å². The molecule has 3 heterocycles. The second-order valence-corrected chi connectivity index (χ2v) is 6.09. The highest BCUT2D eigenvalue weighted by atomic mass is 16.4. The third kappa shape index (κ3) is 3.02. The number of likely N-dealkylation sites (tertiary alicyclic amines) is 1. The van der Waals surface area contributed by atoms with Crippen molar-refractivity contribution in [3.8, 4) is 5.82 Å². The quantitative estimate of drug-likeness (QED) is 0.930. The second kappa shape index (κ2) is 6.43. The number of rotatable bonds is 3. The number of aromatic nitrogens is 3. The molecule has 1 aliphatic heterocycles. The molecule has 24 heavy (non-hydrogen) atoms. The number of amides is 1. The molecule has 0 bridgehead atoms. The van der Waals surface area contributed by atoms with Gasteiger partial charge in [-0.15, -0.1) is 0 Å². The van der Waals surface area contributed by atoms with Gasteiger partial charge in [0.05, 0.1) is 11.3 Å². The van der Waals surface area contributed by atoms with Gasteiger partial charge in [-0.25, -0.2) is 14.5 Å². The predicted octanol–water partition coefficient (Wildman–Crippen LogP) is 1.96. The number of aryl methyl sites for hydroxylation is 2. The number of pyridine rings is 1. The number of hydrogen-bond acceptors (Lipinski definition) is 4. The minimum atomic E-state index is -0.949. The van der Waals surface area contributed by atoms with Crippen molar-refractivity contribution in [1.29, 1.82) is 0 Å². The molecule has 1 fully saturated rings. The predicted molar refractivity (Wildman–Crippen MR) is 87.1 cm³/mol. The number of carbonyl (C=O) groups is 2. The Bertz CT molecular complexity index is 767. The molecule has 0 spiro atoms. The summed E-state index contributed by atoms with van der Waals surface area (Å²) in [5.74, 6) is -0.602. The van der Waals surface area contributed by atoms with Crippen LogP contribution in [-0.2, 0) is 4.79 Å². The van der Waals surface area contributed by atoms with Crippen LogP contribution < -0.4 is 0 Å². The molecule has 1 amide bonds. The molecule has 1 saturated heterocycles. The van der Waals surface area contributed by atoms with Crippen LogP contribution in [0.1, 0.15) is 41.0 Å². The summed E-state index contributed by atoms with van der Waals surface area (Å²) in [6, 6.07) is 4.61. The summed E-state index contributed by atoms with van der Waals surface area (Å²) in [7, 11) is 0. The number of carboxylic acid groups (broad SMARTS) is 1. The van der Waals surface area contributed by atoms with Crippen molar-refractivity contribution in [2.45, 2.75) is 39.2 Å². The number of aliphatic carboxylic acids is 1. The van der Waals surface area contributed by atoms with Crippen molar-refractivity contribution in [2.24, 2.45) is 0 Å². The molecule has 1 unspecified atom stereocenters. The van der Waals surface area contributed by atoms with Crippen LogP contribution in [0.4, 0.5) is 0 Å². The highest BCUT2D eigenvalue weighted by Gasteiger charge is 2.32. The molecule has 3 rings (SSSR count). The Morgan fingerprint density at radius 1 is 1.25 bits per heavy atom. The molecule has 0 aromatic carbocycles. The zero-order valence-electron chi connectivity index (χ0n) is 13.8. The van der Waals surface area contributed by atoms with Crippen molar-refractivity contribution in [2.75, 3.05) is 6.54 Å². The van der Waals surface area contributed by atoms with E-state index in [2.05, 4.69) is 10.1 Å². The third-order valence-corrected chi connectivity index (χ3v) is 4.27. The first-order chi connectivity index (χ1) is 11.5. The number of carbonyl (C=O) groups excluding carboxylic acids is 1. The molecular formula is C17H20N4O3.